The van der Waals surface area contributed by atoms with Crippen LogP contribution in [-0.2, 0) is 0 Å². The number of para-hydroxylation sites is 1. The third kappa shape index (κ3) is 3.47. The molecule has 2 heterocycles. The number of ether oxygens (including phenoxy) is 2. The highest BCUT2D eigenvalue weighted by atomic mass is 35.5. The van der Waals surface area contributed by atoms with E-state index < -0.39 is 0 Å². The summed E-state index contributed by atoms with van der Waals surface area (Å²) in [4.78, 5) is 19.5. The van der Waals surface area contributed by atoms with Gasteiger partial charge < -0.3 is 19.7 Å². The number of anilines is 1. The van der Waals surface area contributed by atoms with Crippen molar-refractivity contribution in [1.82, 2.24) is 9.88 Å². The summed E-state index contributed by atoms with van der Waals surface area (Å²) in [6, 6.07) is 11.2. The molecular weight excluding hydrogens is 398 g/mol. The minimum Gasteiger partial charge on any atom is -0.496 e. The summed E-state index contributed by atoms with van der Waals surface area (Å²) in [6.07, 6.45) is 0.840. The quantitative estimate of drug-likeness (QED) is 0.670. The van der Waals surface area contributed by atoms with Gasteiger partial charge in [0, 0.05) is 19.1 Å². The van der Waals surface area contributed by atoms with E-state index in [1.54, 1.807) is 43.8 Å². The molecule has 0 radical (unpaired) electrons. The van der Waals surface area contributed by atoms with E-state index in [1.807, 2.05) is 23.1 Å². The fourth-order valence-corrected chi connectivity index (χ4v) is 4.68. The zero-order valence-corrected chi connectivity index (χ0v) is 17.1. The Balaban J connectivity index is 1.49. The van der Waals surface area contributed by atoms with E-state index in [0.29, 0.717) is 35.2 Å². The number of benzene rings is 2. The molecule has 1 aliphatic heterocycles. The van der Waals surface area contributed by atoms with Crippen LogP contribution in [0.3, 0.4) is 0 Å². The predicted molar refractivity (Wildman–Crippen MR) is 112 cm³/mol. The number of rotatable bonds is 5. The molecule has 1 aromatic heterocycles. The van der Waals surface area contributed by atoms with Crippen molar-refractivity contribution in [1.29, 1.82) is 0 Å². The number of thiazole rings is 1. The van der Waals surface area contributed by atoms with Gasteiger partial charge in [-0.1, -0.05) is 35.1 Å². The number of amides is 1. The number of aromatic nitrogens is 1. The van der Waals surface area contributed by atoms with Crippen LogP contribution in [0.2, 0.25) is 5.02 Å². The molecule has 0 bridgehead atoms. The highest BCUT2D eigenvalue weighted by molar-refractivity contribution is 7.22. The van der Waals surface area contributed by atoms with Crippen molar-refractivity contribution in [2.75, 3.05) is 32.6 Å². The van der Waals surface area contributed by atoms with Crippen LogP contribution in [0, 0.1) is 0 Å². The lowest BCUT2D eigenvalue weighted by Gasteiger charge is -2.20. The number of likely N-dealkylation sites (tertiary alicyclic amines) is 1. The monoisotopic (exact) mass is 417 g/mol. The Labute approximate surface area is 172 Å². The molecule has 28 heavy (non-hydrogen) atoms. The second-order valence-corrected chi connectivity index (χ2v) is 7.96. The standard InChI is InChI=1S/C20H20ClN3O3S/c1-26-14-6-4-7-15(27-2)17(14)19(25)24-10-9-12(11-24)22-20-23-18-13(21)5-3-8-16(18)28-20/h3-8,12H,9-11H2,1-2H3,(H,22,23). The van der Waals surface area contributed by atoms with Gasteiger partial charge in [0.15, 0.2) is 5.13 Å². The first-order valence-electron chi connectivity index (χ1n) is 8.92. The summed E-state index contributed by atoms with van der Waals surface area (Å²) in [5.41, 5.74) is 1.27. The Hall–Kier alpha value is -2.51. The Morgan fingerprint density at radius 1 is 1.21 bits per heavy atom. The summed E-state index contributed by atoms with van der Waals surface area (Å²) in [5.74, 6) is 0.939. The van der Waals surface area contributed by atoms with E-state index in [9.17, 15) is 4.79 Å². The maximum Gasteiger partial charge on any atom is 0.261 e. The lowest BCUT2D eigenvalue weighted by molar-refractivity contribution is 0.0784. The Bertz CT molecular complexity index is 1000. The molecule has 2 aromatic carbocycles. The largest absolute Gasteiger partial charge is 0.496 e. The van der Waals surface area contributed by atoms with Crippen LogP contribution in [0.1, 0.15) is 16.8 Å². The minimum absolute atomic E-state index is 0.0917. The molecule has 4 rings (SSSR count). The van der Waals surface area contributed by atoms with Crippen LogP contribution >= 0.6 is 22.9 Å². The van der Waals surface area contributed by atoms with Gasteiger partial charge in [0.25, 0.3) is 5.91 Å². The van der Waals surface area contributed by atoms with Gasteiger partial charge in [-0.05, 0) is 30.7 Å². The van der Waals surface area contributed by atoms with Gasteiger partial charge in [-0.15, -0.1) is 0 Å². The predicted octanol–water partition coefficient (Wildman–Crippen LogP) is 4.29. The molecule has 1 saturated heterocycles. The van der Waals surface area contributed by atoms with E-state index >= 15 is 0 Å². The lowest BCUT2D eigenvalue weighted by atomic mass is 10.1. The number of carbonyl (C=O) groups is 1. The molecule has 3 aromatic rings. The van der Waals surface area contributed by atoms with Crippen LogP contribution in [0.15, 0.2) is 36.4 Å². The van der Waals surface area contributed by atoms with Crippen molar-refractivity contribution < 1.29 is 14.3 Å². The number of halogens is 1. The average molecular weight is 418 g/mol. The summed E-state index contributed by atoms with van der Waals surface area (Å²) in [5, 5.41) is 4.91. The molecule has 1 atom stereocenters. The normalized spacial score (nSPS) is 16.4. The number of hydrogen-bond donors (Lipinski definition) is 1. The Morgan fingerprint density at radius 2 is 1.93 bits per heavy atom. The second-order valence-electron chi connectivity index (χ2n) is 6.52. The van der Waals surface area contributed by atoms with Gasteiger partial charge in [0.2, 0.25) is 0 Å². The second kappa shape index (κ2) is 7.85. The van der Waals surface area contributed by atoms with E-state index in [1.165, 1.54) is 0 Å². The molecule has 1 N–H and O–H groups in total. The fourth-order valence-electron chi connectivity index (χ4n) is 3.43. The average Bonchev–Trinajstić information content (AvgIpc) is 3.34. The topological polar surface area (TPSA) is 63.7 Å². The van der Waals surface area contributed by atoms with Gasteiger partial charge in [-0.3, -0.25) is 4.79 Å². The summed E-state index contributed by atoms with van der Waals surface area (Å²) in [7, 11) is 3.11. The third-order valence-corrected chi connectivity index (χ3v) is 6.07. The third-order valence-electron chi connectivity index (χ3n) is 4.81. The Kier molecular flexibility index (Phi) is 5.28. The van der Waals surface area contributed by atoms with E-state index in [2.05, 4.69) is 10.3 Å². The Morgan fingerprint density at radius 3 is 2.61 bits per heavy atom. The first-order chi connectivity index (χ1) is 13.6. The highest BCUT2D eigenvalue weighted by Crippen LogP contribution is 2.33. The van der Waals surface area contributed by atoms with Crippen molar-refractivity contribution in [3.05, 3.63) is 47.0 Å². The number of nitrogens with zero attached hydrogens (tertiary/aromatic N) is 2. The molecule has 0 saturated carbocycles. The van der Waals surface area contributed by atoms with Gasteiger partial charge in [-0.25, -0.2) is 4.98 Å². The summed E-state index contributed by atoms with van der Waals surface area (Å²) >= 11 is 7.78. The van der Waals surface area contributed by atoms with Crippen LogP contribution in [0.5, 0.6) is 11.5 Å². The van der Waals surface area contributed by atoms with Crippen molar-refractivity contribution in [3.63, 3.8) is 0 Å². The number of methoxy groups -OCH3 is 2. The highest BCUT2D eigenvalue weighted by Gasteiger charge is 2.31. The summed E-state index contributed by atoms with van der Waals surface area (Å²) < 4.78 is 11.8. The smallest absolute Gasteiger partial charge is 0.261 e. The number of fused-ring (bicyclic) bond motifs is 1. The van der Waals surface area contributed by atoms with Gasteiger partial charge in [-0.2, -0.15) is 0 Å². The van der Waals surface area contributed by atoms with Crippen LogP contribution < -0.4 is 14.8 Å². The maximum absolute atomic E-state index is 13.1. The fraction of sp³-hybridized carbons (Fsp3) is 0.300. The van der Waals surface area contributed by atoms with Crippen molar-refractivity contribution in [3.8, 4) is 11.5 Å². The molecular formula is C20H20ClN3O3S. The molecule has 0 spiro atoms. The van der Waals surface area contributed by atoms with Gasteiger partial charge >= 0.3 is 0 Å². The zero-order valence-electron chi connectivity index (χ0n) is 15.6. The van der Waals surface area contributed by atoms with E-state index in [4.69, 9.17) is 21.1 Å². The SMILES string of the molecule is COc1cccc(OC)c1C(=O)N1CCC(Nc2nc3c(Cl)cccc3s2)C1. The van der Waals surface area contributed by atoms with Crippen LogP contribution in [-0.4, -0.2) is 49.1 Å². The maximum atomic E-state index is 13.1. The number of carbonyl (C=O) groups excluding carboxylic acids is 1. The van der Waals surface area contributed by atoms with Crippen LogP contribution in [0.25, 0.3) is 10.2 Å². The molecule has 1 unspecified atom stereocenters. The van der Waals surface area contributed by atoms with E-state index in [-0.39, 0.29) is 11.9 Å². The number of nitrogens with one attached hydrogen (secondary N) is 1. The lowest BCUT2D eigenvalue weighted by Crippen LogP contribution is -2.32. The van der Waals surface area contributed by atoms with Crippen LogP contribution in [0.4, 0.5) is 5.13 Å². The molecule has 6 nitrogen and oxygen atoms in total. The molecule has 8 heteroatoms. The first-order valence-corrected chi connectivity index (χ1v) is 10.1. The summed E-state index contributed by atoms with van der Waals surface area (Å²) in [6.45, 7) is 1.24. The molecule has 1 amide bonds. The molecule has 1 aliphatic rings. The minimum atomic E-state index is -0.0917. The van der Waals surface area contributed by atoms with Crippen molar-refractivity contribution in [2.24, 2.45) is 0 Å². The van der Waals surface area contributed by atoms with Crippen molar-refractivity contribution >= 4 is 44.2 Å². The molecule has 0 aliphatic carbocycles. The van der Waals surface area contributed by atoms with E-state index in [0.717, 1.165) is 21.8 Å². The van der Waals surface area contributed by atoms with Crippen molar-refractivity contribution in [2.45, 2.75) is 12.5 Å². The molecule has 1 fully saturated rings. The van der Waals surface area contributed by atoms with Gasteiger partial charge in [0.1, 0.15) is 22.6 Å². The first kappa shape index (κ1) is 18.8. The molecule has 146 valence electrons. The van der Waals surface area contributed by atoms with Gasteiger partial charge in [0.05, 0.1) is 23.9 Å². The zero-order chi connectivity index (χ0) is 19.7. The number of hydrogen-bond acceptors (Lipinski definition) is 6.